The van der Waals surface area contributed by atoms with Gasteiger partial charge in [0.15, 0.2) is 0 Å². The molecule has 0 aromatic rings. The average molecular weight is 215 g/mol. The largest absolute Gasteiger partial charge is 0.261 e. The summed E-state index contributed by atoms with van der Waals surface area (Å²) in [7, 11) is 0.854. The van der Waals surface area contributed by atoms with Crippen molar-refractivity contribution in [1.29, 1.82) is 0 Å². The zero-order valence-corrected chi connectivity index (χ0v) is 7.37. The standard InChI is InChI=1S/C6H5ClF2O2S/c7-12(10,11)6-2-4(8)1-5(9)3-6/h2-4H,1H2. The van der Waals surface area contributed by atoms with Gasteiger partial charge in [0.05, 0.1) is 4.91 Å². The fourth-order valence-electron chi connectivity index (χ4n) is 0.837. The molecule has 0 aromatic carbocycles. The van der Waals surface area contributed by atoms with Gasteiger partial charge in [0, 0.05) is 17.1 Å². The number of alkyl halides is 1. The van der Waals surface area contributed by atoms with E-state index < -0.39 is 32.4 Å². The molecule has 1 rings (SSSR count). The first kappa shape index (κ1) is 9.67. The normalized spacial score (nSPS) is 24.8. The molecule has 0 aromatic heterocycles. The van der Waals surface area contributed by atoms with Crippen molar-refractivity contribution in [3.63, 3.8) is 0 Å². The van der Waals surface area contributed by atoms with Crippen LogP contribution in [0.3, 0.4) is 0 Å². The highest BCUT2D eigenvalue weighted by Crippen LogP contribution is 2.25. The van der Waals surface area contributed by atoms with Gasteiger partial charge in [-0.3, -0.25) is 0 Å². The zero-order chi connectivity index (χ0) is 9.35. The molecule has 0 saturated heterocycles. The first-order chi connectivity index (χ1) is 5.39. The highest BCUT2D eigenvalue weighted by Gasteiger charge is 2.21. The summed E-state index contributed by atoms with van der Waals surface area (Å²) >= 11 is 0. The van der Waals surface area contributed by atoms with E-state index in [4.69, 9.17) is 10.7 Å². The second kappa shape index (κ2) is 3.14. The zero-order valence-electron chi connectivity index (χ0n) is 5.80. The second-order valence-corrected chi connectivity index (χ2v) is 4.88. The summed E-state index contributed by atoms with van der Waals surface area (Å²) < 4.78 is 46.2. The molecule has 0 spiro atoms. The van der Waals surface area contributed by atoms with Crippen molar-refractivity contribution in [2.24, 2.45) is 0 Å². The lowest BCUT2D eigenvalue weighted by atomic mass is 10.1. The SMILES string of the molecule is O=S(=O)(Cl)C1=CC(F)CC(F)=C1. The van der Waals surface area contributed by atoms with Crippen LogP contribution in [0.2, 0.25) is 0 Å². The summed E-state index contributed by atoms with van der Waals surface area (Å²) in [6.07, 6.45) is -0.529. The Balaban J connectivity index is 3.07. The van der Waals surface area contributed by atoms with Gasteiger partial charge in [-0.1, -0.05) is 0 Å². The van der Waals surface area contributed by atoms with Crippen LogP contribution < -0.4 is 0 Å². The van der Waals surface area contributed by atoms with Crippen LogP contribution >= 0.6 is 10.7 Å². The van der Waals surface area contributed by atoms with Crippen molar-refractivity contribution in [3.05, 3.63) is 22.9 Å². The molecule has 12 heavy (non-hydrogen) atoms. The fourth-order valence-corrected chi connectivity index (χ4v) is 1.70. The van der Waals surface area contributed by atoms with E-state index in [1.807, 2.05) is 0 Å². The topological polar surface area (TPSA) is 34.1 Å². The van der Waals surface area contributed by atoms with Gasteiger partial charge >= 0.3 is 0 Å². The molecule has 0 amide bonds. The van der Waals surface area contributed by atoms with Crippen molar-refractivity contribution in [3.8, 4) is 0 Å². The number of rotatable bonds is 1. The molecule has 1 aliphatic rings. The Hall–Kier alpha value is -0.420. The van der Waals surface area contributed by atoms with Crippen molar-refractivity contribution >= 4 is 19.7 Å². The van der Waals surface area contributed by atoms with Gasteiger partial charge < -0.3 is 0 Å². The predicted octanol–water partition coefficient (Wildman–Crippen LogP) is 2.03. The molecular formula is C6H5ClF2O2S. The summed E-state index contributed by atoms with van der Waals surface area (Å²) in [4.78, 5) is -0.514. The Morgan fingerprint density at radius 3 is 2.58 bits per heavy atom. The molecular weight excluding hydrogens is 210 g/mol. The smallest absolute Gasteiger partial charge is 0.242 e. The maximum absolute atomic E-state index is 12.5. The van der Waals surface area contributed by atoms with E-state index in [9.17, 15) is 17.2 Å². The van der Waals surface area contributed by atoms with Crippen molar-refractivity contribution in [1.82, 2.24) is 0 Å². The van der Waals surface area contributed by atoms with Crippen LogP contribution in [-0.2, 0) is 9.05 Å². The van der Waals surface area contributed by atoms with E-state index in [1.54, 1.807) is 0 Å². The number of hydrogen-bond acceptors (Lipinski definition) is 2. The van der Waals surface area contributed by atoms with Crippen molar-refractivity contribution in [2.75, 3.05) is 0 Å². The first-order valence-corrected chi connectivity index (χ1v) is 5.37. The number of halogens is 3. The molecule has 1 aliphatic carbocycles. The van der Waals surface area contributed by atoms with Crippen LogP contribution in [0.25, 0.3) is 0 Å². The average Bonchev–Trinajstić information content (AvgIpc) is 1.82. The van der Waals surface area contributed by atoms with Crippen LogP contribution in [0, 0.1) is 0 Å². The van der Waals surface area contributed by atoms with Gasteiger partial charge in [-0.2, -0.15) is 0 Å². The van der Waals surface area contributed by atoms with E-state index in [-0.39, 0.29) is 0 Å². The summed E-state index contributed by atoms with van der Waals surface area (Å²) in [5.74, 6) is -0.816. The van der Waals surface area contributed by atoms with Gasteiger partial charge in [-0.15, -0.1) is 0 Å². The highest BCUT2D eigenvalue weighted by molar-refractivity contribution is 8.17. The van der Waals surface area contributed by atoms with E-state index >= 15 is 0 Å². The summed E-state index contributed by atoms with van der Waals surface area (Å²) in [6, 6.07) is 0. The number of hydrogen-bond donors (Lipinski definition) is 0. The molecule has 0 N–H and O–H groups in total. The van der Waals surface area contributed by atoms with Gasteiger partial charge in [0.1, 0.15) is 12.0 Å². The maximum atomic E-state index is 12.5. The lowest BCUT2D eigenvalue weighted by Gasteiger charge is -2.08. The monoisotopic (exact) mass is 214 g/mol. The van der Waals surface area contributed by atoms with E-state index in [2.05, 4.69) is 0 Å². The molecule has 1 atom stereocenters. The summed E-state index contributed by atoms with van der Waals surface area (Å²) in [5.41, 5.74) is 0. The lowest BCUT2D eigenvalue weighted by molar-refractivity contribution is 0.368. The molecule has 0 radical (unpaired) electrons. The Labute approximate surface area is 72.9 Å². The van der Waals surface area contributed by atoms with Gasteiger partial charge in [-0.25, -0.2) is 17.2 Å². The minimum absolute atomic E-state index is 0.421. The summed E-state index contributed by atoms with van der Waals surface area (Å²) in [5, 5.41) is 0. The van der Waals surface area contributed by atoms with E-state index in [0.717, 1.165) is 12.2 Å². The Bertz CT molecular complexity index is 345. The third kappa shape index (κ3) is 2.28. The fraction of sp³-hybridized carbons (Fsp3) is 0.333. The minimum Gasteiger partial charge on any atom is -0.242 e. The minimum atomic E-state index is -4.01. The predicted molar refractivity (Wildman–Crippen MR) is 41.6 cm³/mol. The molecule has 6 heteroatoms. The van der Waals surface area contributed by atoms with Gasteiger partial charge in [0.25, 0.3) is 9.05 Å². The third-order valence-corrected chi connectivity index (χ3v) is 2.67. The third-order valence-electron chi connectivity index (χ3n) is 1.32. The van der Waals surface area contributed by atoms with Crippen LogP contribution in [0.15, 0.2) is 22.9 Å². The molecule has 0 heterocycles. The Morgan fingerprint density at radius 2 is 2.17 bits per heavy atom. The Kier molecular flexibility index (Phi) is 2.53. The van der Waals surface area contributed by atoms with E-state index in [0.29, 0.717) is 0 Å². The molecule has 2 nitrogen and oxygen atoms in total. The summed E-state index contributed by atoms with van der Waals surface area (Å²) in [6.45, 7) is 0. The van der Waals surface area contributed by atoms with Crippen LogP contribution in [-0.4, -0.2) is 14.6 Å². The van der Waals surface area contributed by atoms with Crippen molar-refractivity contribution in [2.45, 2.75) is 12.6 Å². The van der Waals surface area contributed by atoms with Crippen LogP contribution in [0.4, 0.5) is 8.78 Å². The lowest BCUT2D eigenvalue weighted by Crippen LogP contribution is -2.06. The molecule has 0 bridgehead atoms. The molecule has 0 saturated carbocycles. The van der Waals surface area contributed by atoms with Crippen LogP contribution in [0.1, 0.15) is 6.42 Å². The van der Waals surface area contributed by atoms with Crippen LogP contribution in [0.5, 0.6) is 0 Å². The Morgan fingerprint density at radius 1 is 1.58 bits per heavy atom. The quantitative estimate of drug-likeness (QED) is 0.626. The molecule has 1 unspecified atom stereocenters. The second-order valence-electron chi connectivity index (χ2n) is 2.32. The van der Waals surface area contributed by atoms with Gasteiger partial charge in [-0.05, 0) is 12.2 Å². The molecule has 0 fully saturated rings. The molecule has 68 valence electrons. The van der Waals surface area contributed by atoms with Crippen molar-refractivity contribution < 1.29 is 17.2 Å². The molecule has 0 aliphatic heterocycles. The highest BCUT2D eigenvalue weighted by atomic mass is 35.7. The number of allylic oxidation sites excluding steroid dienone is 3. The maximum Gasteiger partial charge on any atom is 0.261 e. The van der Waals surface area contributed by atoms with Gasteiger partial charge in [0.2, 0.25) is 0 Å². The van der Waals surface area contributed by atoms with E-state index in [1.165, 1.54) is 0 Å². The first-order valence-electron chi connectivity index (χ1n) is 3.06.